The van der Waals surface area contributed by atoms with E-state index in [1.807, 2.05) is 0 Å². The SMILES string of the molecule is CC/C=C\C/C=C\C/C=C\C/C=C\CCCCCCC(=O)OCC(COC(=O)CCCCCCCCCCCCCCC/C=C\CCCCCCCCCC)OC(=O)CCCCCCCC/C=C\C/C=C\C/C=C\CCCCCCC. The third kappa shape index (κ3) is 67.0. The van der Waals surface area contributed by atoms with Crippen LogP contribution < -0.4 is 0 Å². The zero-order valence-corrected chi connectivity index (χ0v) is 53.5. The van der Waals surface area contributed by atoms with Crippen molar-refractivity contribution in [3.63, 3.8) is 0 Å². The van der Waals surface area contributed by atoms with Crippen LogP contribution in [0, 0.1) is 0 Å². The molecule has 0 rings (SSSR count). The molecule has 0 amide bonds. The maximum Gasteiger partial charge on any atom is 0.306 e. The van der Waals surface area contributed by atoms with E-state index in [0.717, 1.165) is 122 Å². The number of carbonyl (C=O) groups is 3. The van der Waals surface area contributed by atoms with E-state index in [0.29, 0.717) is 19.3 Å². The summed E-state index contributed by atoms with van der Waals surface area (Å²) < 4.78 is 17.0. The fourth-order valence-corrected chi connectivity index (χ4v) is 9.85. The Bertz CT molecular complexity index is 1580. The number of ether oxygens (including phenoxy) is 3. The highest BCUT2D eigenvalue weighted by molar-refractivity contribution is 5.71. The highest BCUT2D eigenvalue weighted by atomic mass is 16.6. The van der Waals surface area contributed by atoms with E-state index in [4.69, 9.17) is 14.2 Å². The van der Waals surface area contributed by atoms with E-state index >= 15 is 0 Å². The van der Waals surface area contributed by atoms with Crippen molar-refractivity contribution in [3.8, 4) is 0 Å². The van der Waals surface area contributed by atoms with E-state index in [1.54, 1.807) is 0 Å². The number of carbonyl (C=O) groups excluding carboxylic acids is 3. The Morgan fingerprint density at radius 3 is 0.765 bits per heavy atom. The highest BCUT2D eigenvalue weighted by Gasteiger charge is 2.19. The summed E-state index contributed by atoms with van der Waals surface area (Å²) in [6.45, 7) is 6.52. The molecule has 0 saturated carbocycles. The lowest BCUT2D eigenvalue weighted by Gasteiger charge is -2.18. The van der Waals surface area contributed by atoms with Crippen LogP contribution in [0.4, 0.5) is 0 Å². The Labute approximate surface area is 502 Å². The van der Waals surface area contributed by atoms with Crippen LogP contribution >= 0.6 is 0 Å². The largest absolute Gasteiger partial charge is 0.462 e. The molecular formula is C75H130O6. The first kappa shape index (κ1) is 77.3. The Morgan fingerprint density at radius 1 is 0.259 bits per heavy atom. The molecule has 0 aromatic carbocycles. The summed E-state index contributed by atoms with van der Waals surface area (Å²) in [6.07, 6.45) is 92.8. The van der Waals surface area contributed by atoms with Crippen LogP contribution in [-0.4, -0.2) is 37.2 Å². The number of unbranched alkanes of at least 4 members (excludes halogenated alkanes) is 36. The van der Waals surface area contributed by atoms with Crippen molar-refractivity contribution in [1.82, 2.24) is 0 Å². The van der Waals surface area contributed by atoms with Gasteiger partial charge in [-0.25, -0.2) is 0 Å². The smallest absolute Gasteiger partial charge is 0.306 e. The van der Waals surface area contributed by atoms with Gasteiger partial charge in [-0.05, 0) is 122 Å². The predicted octanol–water partition coefficient (Wildman–Crippen LogP) is 24.0. The molecule has 1 unspecified atom stereocenters. The van der Waals surface area contributed by atoms with Crippen molar-refractivity contribution >= 4 is 17.9 Å². The Hall–Kier alpha value is -3.67. The Morgan fingerprint density at radius 2 is 0.481 bits per heavy atom. The second-order valence-electron chi connectivity index (χ2n) is 23.1. The third-order valence-electron chi connectivity index (χ3n) is 15.0. The standard InChI is InChI=1S/C75H130O6/c1-4-7-10-13-16-19-22-25-28-31-33-35-36-37-38-40-41-44-47-50-53-56-59-62-65-68-74(77)80-71-72(70-79-73(76)67-64-61-58-55-52-49-46-43-30-27-24-21-18-15-12-9-6-3)81-75(78)69-66-63-60-57-54-51-48-45-42-39-34-32-29-26-23-20-17-14-11-8-5-2/h9,12,18,21,23,26-27,30-34,42,45-46,49,72H,4-8,10-11,13-17,19-20,22,24-25,28-29,35-41,43-44,47-48,50-71H2,1-3H3/b12-9-,21-18-,26-23-,30-27-,33-31-,34-32-,45-42-,49-46-. The molecule has 0 N–H and O–H groups in total. The molecule has 0 aliphatic heterocycles. The minimum Gasteiger partial charge on any atom is -0.462 e. The van der Waals surface area contributed by atoms with Crippen molar-refractivity contribution in [3.05, 3.63) is 97.2 Å². The number of allylic oxidation sites excluding steroid dienone is 16. The molecule has 81 heavy (non-hydrogen) atoms. The van der Waals surface area contributed by atoms with Gasteiger partial charge in [0.2, 0.25) is 0 Å². The Balaban J connectivity index is 4.39. The van der Waals surface area contributed by atoms with Gasteiger partial charge in [-0.15, -0.1) is 0 Å². The van der Waals surface area contributed by atoms with Crippen LogP contribution in [0.5, 0.6) is 0 Å². The van der Waals surface area contributed by atoms with Gasteiger partial charge in [0.15, 0.2) is 6.10 Å². The minimum absolute atomic E-state index is 0.0900. The van der Waals surface area contributed by atoms with Crippen LogP contribution in [0.2, 0.25) is 0 Å². The van der Waals surface area contributed by atoms with E-state index in [2.05, 4.69) is 118 Å². The number of hydrogen-bond acceptors (Lipinski definition) is 6. The van der Waals surface area contributed by atoms with Gasteiger partial charge in [0.25, 0.3) is 0 Å². The number of hydrogen-bond donors (Lipinski definition) is 0. The maximum absolute atomic E-state index is 13.0. The van der Waals surface area contributed by atoms with Gasteiger partial charge < -0.3 is 14.2 Å². The van der Waals surface area contributed by atoms with Crippen LogP contribution in [0.25, 0.3) is 0 Å². The molecule has 0 bridgehead atoms. The second-order valence-corrected chi connectivity index (χ2v) is 23.1. The lowest BCUT2D eigenvalue weighted by atomic mass is 10.0. The first-order valence-electron chi connectivity index (χ1n) is 34.7. The molecule has 0 aliphatic rings. The number of rotatable bonds is 63. The van der Waals surface area contributed by atoms with Crippen molar-refractivity contribution < 1.29 is 28.6 Å². The fraction of sp³-hybridized carbons (Fsp3) is 0.747. The molecule has 6 heteroatoms. The molecule has 0 aliphatic carbocycles. The van der Waals surface area contributed by atoms with Gasteiger partial charge in [-0.1, -0.05) is 298 Å². The third-order valence-corrected chi connectivity index (χ3v) is 15.0. The molecule has 0 aromatic heterocycles. The van der Waals surface area contributed by atoms with E-state index < -0.39 is 6.10 Å². The number of esters is 3. The summed E-state index contributed by atoms with van der Waals surface area (Å²) in [5.41, 5.74) is 0. The van der Waals surface area contributed by atoms with E-state index in [-0.39, 0.29) is 31.1 Å². The second kappa shape index (κ2) is 68.8. The van der Waals surface area contributed by atoms with Crippen LogP contribution in [0.15, 0.2) is 97.2 Å². The summed E-state index contributed by atoms with van der Waals surface area (Å²) in [5.74, 6) is -0.914. The van der Waals surface area contributed by atoms with Crippen molar-refractivity contribution in [2.75, 3.05) is 13.2 Å². The average Bonchev–Trinajstić information content (AvgIpc) is 3.47. The van der Waals surface area contributed by atoms with E-state index in [9.17, 15) is 14.4 Å². The van der Waals surface area contributed by atoms with Gasteiger partial charge in [0.05, 0.1) is 0 Å². The highest BCUT2D eigenvalue weighted by Crippen LogP contribution is 2.17. The van der Waals surface area contributed by atoms with Gasteiger partial charge in [-0.2, -0.15) is 0 Å². The van der Waals surface area contributed by atoms with Crippen molar-refractivity contribution in [2.45, 2.75) is 348 Å². The summed E-state index contributed by atoms with van der Waals surface area (Å²) in [6, 6.07) is 0. The maximum atomic E-state index is 13.0. The molecule has 0 aromatic rings. The zero-order valence-electron chi connectivity index (χ0n) is 53.5. The topological polar surface area (TPSA) is 78.9 Å². The fourth-order valence-electron chi connectivity index (χ4n) is 9.85. The lowest BCUT2D eigenvalue weighted by Crippen LogP contribution is -2.30. The molecule has 466 valence electrons. The summed E-state index contributed by atoms with van der Waals surface area (Å²) in [5, 5.41) is 0. The molecule has 6 nitrogen and oxygen atoms in total. The summed E-state index contributed by atoms with van der Waals surface area (Å²) >= 11 is 0. The van der Waals surface area contributed by atoms with Gasteiger partial charge in [0.1, 0.15) is 13.2 Å². The van der Waals surface area contributed by atoms with Crippen LogP contribution in [0.1, 0.15) is 342 Å². The molecule has 0 heterocycles. The zero-order chi connectivity index (χ0) is 58.5. The quantitative estimate of drug-likeness (QED) is 0.0261. The van der Waals surface area contributed by atoms with Gasteiger partial charge in [0, 0.05) is 19.3 Å². The molecule has 0 radical (unpaired) electrons. The predicted molar refractivity (Wildman–Crippen MR) is 353 cm³/mol. The first-order chi connectivity index (χ1) is 40.0. The minimum atomic E-state index is -0.798. The molecule has 0 spiro atoms. The lowest BCUT2D eigenvalue weighted by molar-refractivity contribution is -0.167. The van der Waals surface area contributed by atoms with E-state index in [1.165, 1.54) is 180 Å². The van der Waals surface area contributed by atoms with Crippen molar-refractivity contribution in [2.24, 2.45) is 0 Å². The molecule has 1 atom stereocenters. The van der Waals surface area contributed by atoms with Crippen LogP contribution in [0.3, 0.4) is 0 Å². The molecular weight excluding hydrogens is 997 g/mol. The summed E-state index contributed by atoms with van der Waals surface area (Å²) in [7, 11) is 0. The van der Waals surface area contributed by atoms with Crippen LogP contribution in [-0.2, 0) is 28.6 Å². The monoisotopic (exact) mass is 1130 g/mol. The molecule has 0 fully saturated rings. The van der Waals surface area contributed by atoms with Gasteiger partial charge in [-0.3, -0.25) is 14.4 Å². The van der Waals surface area contributed by atoms with Gasteiger partial charge >= 0.3 is 17.9 Å². The first-order valence-corrected chi connectivity index (χ1v) is 34.7. The summed E-state index contributed by atoms with van der Waals surface area (Å²) in [4.78, 5) is 38.4. The Kier molecular flexibility index (Phi) is 65.7. The molecule has 0 saturated heterocycles. The van der Waals surface area contributed by atoms with Crippen molar-refractivity contribution in [1.29, 1.82) is 0 Å². The normalized spacial score (nSPS) is 12.7. The average molecular weight is 1130 g/mol.